The topological polar surface area (TPSA) is 60.9 Å². The Balaban J connectivity index is 1.79. The van der Waals surface area contributed by atoms with Gasteiger partial charge in [0.1, 0.15) is 23.8 Å². The number of hydrogen-bond acceptors (Lipinski definition) is 3. The molecule has 1 N–H and O–H groups in total. The molecule has 5 nitrogen and oxygen atoms in total. The highest BCUT2D eigenvalue weighted by Gasteiger charge is 2.47. The molecule has 112 valence electrons. The van der Waals surface area contributed by atoms with E-state index in [9.17, 15) is 23.5 Å². The van der Waals surface area contributed by atoms with Gasteiger partial charge in [-0.3, -0.25) is 9.69 Å². The van der Waals surface area contributed by atoms with Gasteiger partial charge in [0.25, 0.3) is 5.91 Å². The van der Waals surface area contributed by atoms with E-state index in [4.69, 9.17) is 0 Å². The molecule has 0 spiro atoms. The Kier molecular flexibility index (Phi) is 3.36. The second kappa shape index (κ2) is 5.07. The Morgan fingerprint density at radius 1 is 1.33 bits per heavy atom. The summed E-state index contributed by atoms with van der Waals surface area (Å²) in [7, 11) is 0. The van der Waals surface area contributed by atoms with Crippen molar-refractivity contribution >= 4 is 11.9 Å². The fourth-order valence-electron chi connectivity index (χ4n) is 2.89. The first kappa shape index (κ1) is 13.9. The largest absolute Gasteiger partial charge is 0.386 e. The molecule has 3 amide bonds. The van der Waals surface area contributed by atoms with Crippen LogP contribution in [0.15, 0.2) is 18.2 Å². The molecule has 1 aromatic carbocycles. The highest BCUT2D eigenvalue weighted by atomic mass is 19.1. The Morgan fingerprint density at radius 2 is 2.10 bits per heavy atom. The normalized spacial score (nSPS) is 22.9. The fourth-order valence-corrected chi connectivity index (χ4v) is 2.89. The number of carbonyl (C=O) groups is 2. The first-order valence-corrected chi connectivity index (χ1v) is 6.74. The second-order valence-electron chi connectivity index (χ2n) is 5.26. The third kappa shape index (κ3) is 2.27. The zero-order valence-corrected chi connectivity index (χ0v) is 11.1. The van der Waals surface area contributed by atoms with Crippen LogP contribution < -0.4 is 0 Å². The predicted octanol–water partition coefficient (Wildman–Crippen LogP) is 1.42. The molecule has 1 aromatic rings. The van der Waals surface area contributed by atoms with Crippen molar-refractivity contribution in [1.82, 2.24) is 9.80 Å². The van der Waals surface area contributed by atoms with Gasteiger partial charge in [-0.05, 0) is 31.0 Å². The van der Waals surface area contributed by atoms with Crippen molar-refractivity contribution in [2.45, 2.75) is 25.0 Å². The zero-order valence-electron chi connectivity index (χ0n) is 11.1. The van der Waals surface area contributed by atoms with Gasteiger partial charge in [0.15, 0.2) is 0 Å². The van der Waals surface area contributed by atoms with Gasteiger partial charge in [-0.1, -0.05) is 0 Å². The minimum atomic E-state index is -1.45. The van der Waals surface area contributed by atoms with Crippen LogP contribution in [0, 0.1) is 11.6 Å². The van der Waals surface area contributed by atoms with Gasteiger partial charge in [0, 0.05) is 12.1 Å². The highest BCUT2D eigenvalue weighted by Crippen LogP contribution is 2.29. The molecular formula is C14H14F2N2O3. The van der Waals surface area contributed by atoms with E-state index < -0.39 is 29.8 Å². The molecule has 2 atom stereocenters. The van der Waals surface area contributed by atoms with Crippen LogP contribution in [0.3, 0.4) is 0 Å². The first-order chi connectivity index (χ1) is 9.99. The van der Waals surface area contributed by atoms with Crippen LogP contribution in [0.1, 0.15) is 24.5 Å². The molecule has 7 heteroatoms. The summed E-state index contributed by atoms with van der Waals surface area (Å²) in [6.45, 7) is 0.140. The van der Waals surface area contributed by atoms with Crippen molar-refractivity contribution in [1.29, 1.82) is 0 Å². The van der Waals surface area contributed by atoms with Gasteiger partial charge >= 0.3 is 6.03 Å². The van der Waals surface area contributed by atoms with Crippen molar-refractivity contribution in [3.05, 3.63) is 35.4 Å². The molecule has 21 heavy (non-hydrogen) atoms. The van der Waals surface area contributed by atoms with Crippen molar-refractivity contribution in [3.63, 3.8) is 0 Å². The summed E-state index contributed by atoms with van der Waals surface area (Å²) >= 11 is 0. The van der Waals surface area contributed by atoms with Crippen molar-refractivity contribution in [2.24, 2.45) is 0 Å². The number of urea groups is 1. The number of fused-ring (bicyclic) bond motifs is 1. The third-order valence-corrected chi connectivity index (χ3v) is 3.95. The maximum atomic E-state index is 13.6. The van der Waals surface area contributed by atoms with Gasteiger partial charge in [-0.25, -0.2) is 13.6 Å². The van der Waals surface area contributed by atoms with Gasteiger partial charge in [0.05, 0.1) is 6.54 Å². The summed E-state index contributed by atoms with van der Waals surface area (Å²) in [5.41, 5.74) is -0.261. The number of nitrogens with zero attached hydrogens (tertiary/aromatic N) is 2. The Labute approximate surface area is 119 Å². The number of aliphatic hydroxyl groups excluding tert-OH is 1. The lowest BCUT2D eigenvalue weighted by Crippen LogP contribution is -2.36. The molecule has 2 aliphatic heterocycles. The zero-order chi connectivity index (χ0) is 15.1. The lowest BCUT2D eigenvalue weighted by Gasteiger charge is -2.19. The standard InChI is InChI=1S/C14H14F2N2O3/c15-8-3-4-10(16)9(6-8)12(19)7-18-13(20)11-2-1-5-17(11)14(18)21/h3-4,6,11-12,19H,1-2,5,7H2/t11-,12-/m0/s1. The van der Waals surface area contributed by atoms with E-state index in [1.165, 1.54) is 4.90 Å². The summed E-state index contributed by atoms with van der Waals surface area (Å²) in [6, 6.07) is 1.76. The molecule has 3 rings (SSSR count). The van der Waals surface area contributed by atoms with Gasteiger partial charge in [-0.15, -0.1) is 0 Å². The summed E-state index contributed by atoms with van der Waals surface area (Å²) in [5, 5.41) is 10.0. The minimum absolute atomic E-state index is 0.261. The summed E-state index contributed by atoms with van der Waals surface area (Å²) in [5.74, 6) is -1.85. The summed E-state index contributed by atoms with van der Waals surface area (Å²) in [4.78, 5) is 26.5. The Morgan fingerprint density at radius 3 is 2.81 bits per heavy atom. The fraction of sp³-hybridized carbons (Fsp3) is 0.429. The molecule has 0 bridgehead atoms. The van der Waals surface area contributed by atoms with Crippen molar-refractivity contribution < 1.29 is 23.5 Å². The lowest BCUT2D eigenvalue weighted by atomic mass is 10.1. The van der Waals surface area contributed by atoms with Gasteiger partial charge < -0.3 is 10.0 Å². The number of rotatable bonds is 3. The van der Waals surface area contributed by atoms with E-state index >= 15 is 0 Å². The molecule has 0 saturated carbocycles. The monoisotopic (exact) mass is 296 g/mol. The number of aliphatic hydroxyl groups is 1. The lowest BCUT2D eigenvalue weighted by molar-refractivity contribution is -0.129. The van der Waals surface area contributed by atoms with Crippen LogP contribution in [0.5, 0.6) is 0 Å². The Hall–Kier alpha value is -2.02. The number of β-amino-alcohol motifs (C(OH)–C–C–N with tert-alkyl or cyclic N) is 1. The third-order valence-electron chi connectivity index (χ3n) is 3.95. The molecule has 2 saturated heterocycles. The van der Waals surface area contributed by atoms with Crippen LogP contribution in [0.25, 0.3) is 0 Å². The van der Waals surface area contributed by atoms with E-state index in [0.29, 0.717) is 13.0 Å². The number of benzene rings is 1. The van der Waals surface area contributed by atoms with Crippen LogP contribution in [0.2, 0.25) is 0 Å². The van der Waals surface area contributed by atoms with Crippen LogP contribution in [-0.4, -0.2) is 46.0 Å². The van der Waals surface area contributed by atoms with E-state index in [1.54, 1.807) is 0 Å². The molecule has 0 unspecified atom stereocenters. The van der Waals surface area contributed by atoms with Gasteiger partial charge in [0.2, 0.25) is 0 Å². The van der Waals surface area contributed by atoms with E-state index in [2.05, 4.69) is 0 Å². The SMILES string of the molecule is O=C1[C@@H]2CCCN2C(=O)N1C[C@H](O)c1cc(F)ccc1F. The average molecular weight is 296 g/mol. The molecule has 2 fully saturated rings. The predicted molar refractivity (Wildman–Crippen MR) is 68.2 cm³/mol. The van der Waals surface area contributed by atoms with E-state index in [0.717, 1.165) is 29.5 Å². The van der Waals surface area contributed by atoms with E-state index in [-0.39, 0.29) is 18.0 Å². The maximum absolute atomic E-state index is 13.6. The number of imide groups is 1. The van der Waals surface area contributed by atoms with Crippen molar-refractivity contribution in [2.75, 3.05) is 13.1 Å². The maximum Gasteiger partial charge on any atom is 0.327 e. The number of hydrogen-bond donors (Lipinski definition) is 1. The minimum Gasteiger partial charge on any atom is -0.386 e. The smallest absolute Gasteiger partial charge is 0.327 e. The molecule has 0 aromatic heterocycles. The number of carbonyl (C=O) groups excluding carboxylic acids is 2. The average Bonchev–Trinajstić information content (AvgIpc) is 3.01. The molecule has 2 heterocycles. The number of amides is 3. The van der Waals surface area contributed by atoms with Gasteiger partial charge in [-0.2, -0.15) is 0 Å². The highest BCUT2D eigenvalue weighted by molar-refractivity contribution is 6.04. The Bertz CT molecular complexity index is 586. The van der Waals surface area contributed by atoms with Crippen LogP contribution >= 0.6 is 0 Å². The second-order valence-corrected chi connectivity index (χ2v) is 5.26. The van der Waals surface area contributed by atoms with Crippen molar-refractivity contribution in [3.8, 4) is 0 Å². The van der Waals surface area contributed by atoms with Crippen LogP contribution in [-0.2, 0) is 4.79 Å². The molecule has 0 radical (unpaired) electrons. The quantitative estimate of drug-likeness (QED) is 0.858. The summed E-state index contributed by atoms with van der Waals surface area (Å²) < 4.78 is 26.7. The molecule has 2 aliphatic rings. The van der Waals surface area contributed by atoms with E-state index in [1.807, 2.05) is 0 Å². The molecular weight excluding hydrogens is 282 g/mol. The van der Waals surface area contributed by atoms with Crippen LogP contribution in [0.4, 0.5) is 13.6 Å². The molecule has 0 aliphatic carbocycles. The first-order valence-electron chi connectivity index (χ1n) is 6.74. The summed E-state index contributed by atoms with van der Waals surface area (Å²) in [6.07, 6.45) is -0.0728. The number of halogens is 2.